The minimum absolute atomic E-state index is 0.00855. The van der Waals surface area contributed by atoms with Crippen LogP contribution in [0.25, 0.3) is 17.1 Å². The summed E-state index contributed by atoms with van der Waals surface area (Å²) in [5.74, 6) is -0.174. The van der Waals surface area contributed by atoms with E-state index in [0.717, 1.165) is 10.1 Å². The Morgan fingerprint density at radius 3 is 2.52 bits per heavy atom. The Hall–Kier alpha value is -3.02. The van der Waals surface area contributed by atoms with E-state index in [2.05, 4.69) is 18.8 Å². The van der Waals surface area contributed by atoms with Gasteiger partial charge in [0, 0.05) is 6.08 Å². The van der Waals surface area contributed by atoms with Gasteiger partial charge >= 0.3 is 12.5 Å². The lowest BCUT2D eigenvalue weighted by Crippen LogP contribution is -2.09. The topological polar surface area (TPSA) is 44.1 Å². The molecule has 0 radical (unpaired) electrons. The first-order valence-corrected chi connectivity index (χ1v) is 8.64. The van der Waals surface area contributed by atoms with Crippen molar-refractivity contribution < 1.29 is 18.3 Å². The van der Waals surface area contributed by atoms with Gasteiger partial charge in [-0.25, -0.2) is 9.78 Å². The van der Waals surface area contributed by atoms with Gasteiger partial charge in [-0.3, -0.25) is 4.57 Å². The molecule has 27 heavy (non-hydrogen) atoms. The van der Waals surface area contributed by atoms with Crippen LogP contribution in [0.15, 0.2) is 54.6 Å². The van der Waals surface area contributed by atoms with Gasteiger partial charge in [-0.1, -0.05) is 50.2 Å². The number of para-hydroxylation sites is 2. The molecule has 0 N–H and O–H groups in total. The third-order valence-corrected chi connectivity index (χ3v) is 4.22. The number of carbonyl (C=O) groups is 1. The fourth-order valence-electron chi connectivity index (χ4n) is 2.75. The molecule has 4 nitrogen and oxygen atoms in total. The smallest absolute Gasteiger partial charge is 0.331 e. The first-order valence-electron chi connectivity index (χ1n) is 8.64. The van der Waals surface area contributed by atoms with Crippen molar-refractivity contribution in [1.29, 1.82) is 0 Å². The van der Waals surface area contributed by atoms with Crippen molar-refractivity contribution in [3.8, 4) is 0 Å². The molecule has 140 valence electrons. The number of imidazole rings is 1. The minimum Gasteiger partial charge on any atom is -0.454 e. The first-order chi connectivity index (χ1) is 13.0. The Kier molecular flexibility index (Phi) is 5.64. The molecule has 0 aliphatic rings. The number of hydrogen-bond donors (Lipinski definition) is 0. The minimum atomic E-state index is -2.76. The zero-order valence-corrected chi connectivity index (χ0v) is 15.1. The number of esters is 1. The normalized spacial score (nSPS) is 11.8. The summed E-state index contributed by atoms with van der Waals surface area (Å²) < 4.78 is 32.5. The van der Waals surface area contributed by atoms with Gasteiger partial charge in [0.2, 0.25) is 0 Å². The molecule has 0 aliphatic heterocycles. The number of carbonyl (C=O) groups excluding carboxylic acids is 1. The van der Waals surface area contributed by atoms with Crippen molar-refractivity contribution in [3.63, 3.8) is 0 Å². The lowest BCUT2D eigenvalue weighted by molar-refractivity contribution is -0.139. The van der Waals surface area contributed by atoms with Crippen molar-refractivity contribution in [2.75, 3.05) is 0 Å². The Balaban J connectivity index is 1.67. The zero-order chi connectivity index (χ0) is 19.4. The predicted octanol–water partition coefficient (Wildman–Crippen LogP) is 5.31. The highest BCUT2D eigenvalue weighted by atomic mass is 19.3. The highest BCUT2D eigenvalue weighted by Crippen LogP contribution is 2.23. The number of rotatable bonds is 6. The van der Waals surface area contributed by atoms with E-state index in [0.29, 0.717) is 17.0 Å². The van der Waals surface area contributed by atoms with E-state index in [1.807, 2.05) is 24.3 Å². The largest absolute Gasteiger partial charge is 0.454 e. The molecule has 3 rings (SSSR count). The molecule has 6 heteroatoms. The Morgan fingerprint density at radius 2 is 1.85 bits per heavy atom. The third-order valence-electron chi connectivity index (χ3n) is 4.22. The van der Waals surface area contributed by atoms with Gasteiger partial charge in [-0.05, 0) is 35.3 Å². The van der Waals surface area contributed by atoms with Crippen LogP contribution in [-0.4, -0.2) is 15.5 Å². The van der Waals surface area contributed by atoms with Crippen LogP contribution in [0.1, 0.15) is 43.3 Å². The fourth-order valence-corrected chi connectivity index (χ4v) is 2.75. The number of ether oxygens (including phenoxy) is 1. The molecule has 0 spiro atoms. The van der Waals surface area contributed by atoms with Crippen LogP contribution in [0.3, 0.4) is 0 Å². The summed E-state index contributed by atoms with van der Waals surface area (Å²) in [6.07, 6.45) is 2.91. The zero-order valence-electron chi connectivity index (χ0n) is 15.1. The van der Waals surface area contributed by atoms with E-state index in [9.17, 15) is 13.6 Å². The highest BCUT2D eigenvalue weighted by molar-refractivity contribution is 5.87. The second kappa shape index (κ2) is 8.12. The molecular weight excluding hydrogens is 350 g/mol. The molecule has 0 bridgehead atoms. The average molecular weight is 370 g/mol. The van der Waals surface area contributed by atoms with Crippen molar-refractivity contribution in [1.82, 2.24) is 9.55 Å². The molecular formula is C21H20F2N2O2. The maximum atomic E-state index is 13.3. The number of halogens is 2. The van der Waals surface area contributed by atoms with E-state index < -0.39 is 12.5 Å². The number of hydrogen-bond acceptors (Lipinski definition) is 3. The van der Waals surface area contributed by atoms with Gasteiger partial charge < -0.3 is 4.74 Å². The monoisotopic (exact) mass is 370 g/mol. The number of aromatic nitrogens is 2. The van der Waals surface area contributed by atoms with Crippen LogP contribution in [0.5, 0.6) is 0 Å². The van der Waals surface area contributed by atoms with Crippen molar-refractivity contribution in [2.24, 2.45) is 0 Å². The van der Waals surface area contributed by atoms with Crippen molar-refractivity contribution in [2.45, 2.75) is 32.9 Å². The van der Waals surface area contributed by atoms with Crippen LogP contribution >= 0.6 is 0 Å². The summed E-state index contributed by atoms with van der Waals surface area (Å²) >= 11 is 0. The lowest BCUT2D eigenvalue weighted by atomic mass is 10.0. The van der Waals surface area contributed by atoms with E-state index in [1.165, 1.54) is 11.6 Å². The van der Waals surface area contributed by atoms with Crippen molar-refractivity contribution in [3.05, 3.63) is 71.6 Å². The predicted molar refractivity (Wildman–Crippen MR) is 100 cm³/mol. The van der Waals surface area contributed by atoms with E-state index in [-0.39, 0.29) is 12.4 Å². The molecule has 0 aliphatic carbocycles. The van der Waals surface area contributed by atoms with E-state index in [1.54, 1.807) is 30.3 Å². The molecule has 0 amide bonds. The molecule has 0 fully saturated rings. The first kappa shape index (κ1) is 18.8. The van der Waals surface area contributed by atoms with Gasteiger partial charge in [0.15, 0.2) is 5.82 Å². The van der Waals surface area contributed by atoms with Crippen molar-refractivity contribution >= 4 is 23.1 Å². The molecule has 0 unspecified atom stereocenters. The summed E-state index contributed by atoms with van der Waals surface area (Å²) in [5.41, 5.74) is 2.81. The molecule has 0 saturated carbocycles. The van der Waals surface area contributed by atoms with Gasteiger partial charge in [0.1, 0.15) is 6.61 Å². The summed E-state index contributed by atoms with van der Waals surface area (Å²) in [6.45, 7) is 1.12. The number of fused-ring (bicyclic) bond motifs is 1. The SMILES string of the molecule is CC(C)c1ccc(/C=C/C(=O)OCc2nc3ccccc3n2C(F)F)cc1. The molecule has 1 heterocycles. The summed E-state index contributed by atoms with van der Waals surface area (Å²) in [5, 5.41) is 0. The molecule has 0 atom stereocenters. The standard InChI is InChI=1S/C21H20F2N2O2/c1-14(2)16-10-7-15(8-11-16)9-12-20(26)27-13-19-24-17-5-3-4-6-18(17)25(19)21(22)23/h3-12,14,21H,13H2,1-2H3/b12-9+. The summed E-state index contributed by atoms with van der Waals surface area (Å²) in [7, 11) is 0. The van der Waals surface area contributed by atoms with Crippen LogP contribution in [0.4, 0.5) is 8.78 Å². The van der Waals surface area contributed by atoms with Gasteiger partial charge in [0.05, 0.1) is 11.0 Å². The van der Waals surface area contributed by atoms with Gasteiger partial charge in [-0.2, -0.15) is 8.78 Å². The van der Waals surface area contributed by atoms with E-state index >= 15 is 0 Å². The van der Waals surface area contributed by atoms with Gasteiger partial charge in [0.25, 0.3) is 0 Å². The highest BCUT2D eigenvalue weighted by Gasteiger charge is 2.18. The maximum absolute atomic E-state index is 13.3. The van der Waals surface area contributed by atoms with Gasteiger partial charge in [-0.15, -0.1) is 0 Å². The quantitative estimate of drug-likeness (QED) is 0.436. The van der Waals surface area contributed by atoms with Crippen LogP contribution in [-0.2, 0) is 16.1 Å². The third kappa shape index (κ3) is 4.39. The average Bonchev–Trinajstić information content (AvgIpc) is 3.03. The number of benzene rings is 2. The second-order valence-corrected chi connectivity index (χ2v) is 6.43. The van der Waals surface area contributed by atoms with E-state index in [4.69, 9.17) is 4.74 Å². The molecule has 2 aromatic carbocycles. The number of alkyl halides is 2. The molecule has 1 aromatic heterocycles. The molecule has 0 saturated heterocycles. The lowest BCUT2D eigenvalue weighted by Gasteiger charge is -2.07. The summed E-state index contributed by atoms with van der Waals surface area (Å²) in [6, 6.07) is 14.4. The number of nitrogens with zero attached hydrogens (tertiary/aromatic N) is 2. The fraction of sp³-hybridized carbons (Fsp3) is 0.238. The van der Waals surface area contributed by atoms with Crippen LogP contribution < -0.4 is 0 Å². The Morgan fingerprint density at radius 1 is 1.15 bits per heavy atom. The van der Waals surface area contributed by atoms with Crippen LogP contribution in [0.2, 0.25) is 0 Å². The molecule has 3 aromatic rings. The Labute approximate surface area is 156 Å². The maximum Gasteiger partial charge on any atom is 0.331 e. The summed E-state index contributed by atoms with van der Waals surface area (Å²) in [4.78, 5) is 16.1. The Bertz CT molecular complexity index is 960. The van der Waals surface area contributed by atoms with Crippen LogP contribution in [0, 0.1) is 0 Å². The second-order valence-electron chi connectivity index (χ2n) is 6.43.